The quantitative estimate of drug-likeness (QED) is 0.757. The van der Waals surface area contributed by atoms with Gasteiger partial charge in [-0.3, -0.25) is 9.59 Å². The van der Waals surface area contributed by atoms with E-state index in [1.807, 2.05) is 0 Å². The van der Waals surface area contributed by atoms with Crippen molar-refractivity contribution in [3.8, 4) is 5.75 Å². The first kappa shape index (κ1) is 13.4. The highest BCUT2D eigenvalue weighted by Crippen LogP contribution is 2.32. The van der Waals surface area contributed by atoms with Crippen LogP contribution < -0.4 is 21.1 Å². The fourth-order valence-corrected chi connectivity index (χ4v) is 1.77. The van der Waals surface area contributed by atoms with Crippen molar-refractivity contribution in [2.45, 2.75) is 25.9 Å². The van der Waals surface area contributed by atoms with Gasteiger partial charge in [-0.2, -0.15) is 0 Å². The minimum absolute atomic E-state index is 0.0955. The van der Waals surface area contributed by atoms with Crippen molar-refractivity contribution in [1.82, 2.24) is 0 Å². The largest absolute Gasteiger partial charge is 0.479 e. The molecule has 4 N–H and O–H groups in total. The molecule has 6 nitrogen and oxygen atoms in total. The van der Waals surface area contributed by atoms with E-state index in [1.165, 1.54) is 0 Å². The van der Waals surface area contributed by atoms with Crippen LogP contribution in [-0.2, 0) is 9.59 Å². The summed E-state index contributed by atoms with van der Waals surface area (Å²) in [4.78, 5) is 23.1. The van der Waals surface area contributed by atoms with Gasteiger partial charge in [0.15, 0.2) is 6.10 Å². The van der Waals surface area contributed by atoms with Crippen molar-refractivity contribution in [2.75, 3.05) is 17.2 Å². The molecule has 6 heteroatoms. The number of fused-ring (bicyclic) bond motifs is 1. The van der Waals surface area contributed by atoms with Gasteiger partial charge in [-0.05, 0) is 38.1 Å². The van der Waals surface area contributed by atoms with E-state index >= 15 is 0 Å². The molecule has 1 heterocycles. The molecular weight excluding hydrogens is 246 g/mol. The minimum Gasteiger partial charge on any atom is -0.479 e. The van der Waals surface area contributed by atoms with Gasteiger partial charge in [0.25, 0.3) is 5.91 Å². The number of carbonyl (C=O) groups excluding carboxylic acids is 2. The third-order valence-electron chi connectivity index (χ3n) is 2.80. The van der Waals surface area contributed by atoms with E-state index in [9.17, 15) is 9.59 Å². The molecule has 0 radical (unpaired) electrons. The van der Waals surface area contributed by atoms with E-state index in [0.29, 0.717) is 36.5 Å². The maximum Gasteiger partial charge on any atom is 0.265 e. The SMILES string of the molecule is CC1Oc2ccc(NC(=O)CCCN)cc2NC1=O. The van der Waals surface area contributed by atoms with Gasteiger partial charge < -0.3 is 21.1 Å². The summed E-state index contributed by atoms with van der Waals surface area (Å²) in [6.45, 7) is 2.17. The summed E-state index contributed by atoms with van der Waals surface area (Å²) in [5.74, 6) is 0.313. The zero-order valence-corrected chi connectivity index (χ0v) is 10.7. The number of nitrogens with two attached hydrogens (primary N) is 1. The Bertz CT molecular complexity index is 502. The van der Waals surface area contributed by atoms with Crippen LogP contribution in [0.25, 0.3) is 0 Å². The van der Waals surface area contributed by atoms with Crippen molar-refractivity contribution in [3.63, 3.8) is 0 Å². The van der Waals surface area contributed by atoms with Gasteiger partial charge in [-0.15, -0.1) is 0 Å². The van der Waals surface area contributed by atoms with Crippen molar-refractivity contribution in [3.05, 3.63) is 18.2 Å². The van der Waals surface area contributed by atoms with E-state index in [0.717, 1.165) is 0 Å². The van der Waals surface area contributed by atoms with Gasteiger partial charge in [0, 0.05) is 12.1 Å². The van der Waals surface area contributed by atoms with Crippen LogP contribution in [0.4, 0.5) is 11.4 Å². The molecule has 0 aromatic heterocycles. The van der Waals surface area contributed by atoms with Crippen LogP contribution in [0.15, 0.2) is 18.2 Å². The summed E-state index contributed by atoms with van der Waals surface area (Å²) >= 11 is 0. The smallest absolute Gasteiger partial charge is 0.265 e. The van der Waals surface area contributed by atoms with Gasteiger partial charge in [0.05, 0.1) is 5.69 Å². The summed E-state index contributed by atoms with van der Waals surface area (Å²) in [7, 11) is 0. The van der Waals surface area contributed by atoms with Crippen LogP contribution in [-0.4, -0.2) is 24.5 Å². The fourth-order valence-electron chi connectivity index (χ4n) is 1.77. The third kappa shape index (κ3) is 3.23. The van der Waals surface area contributed by atoms with E-state index < -0.39 is 6.10 Å². The Labute approximate surface area is 111 Å². The molecular formula is C13H17N3O3. The Morgan fingerprint density at radius 1 is 1.53 bits per heavy atom. The molecule has 19 heavy (non-hydrogen) atoms. The molecule has 2 amide bonds. The Kier molecular flexibility index (Phi) is 4.01. The van der Waals surface area contributed by atoms with Gasteiger partial charge in [-0.1, -0.05) is 0 Å². The zero-order chi connectivity index (χ0) is 13.8. The lowest BCUT2D eigenvalue weighted by atomic mass is 10.2. The lowest BCUT2D eigenvalue weighted by molar-refractivity contribution is -0.122. The summed E-state index contributed by atoms with van der Waals surface area (Å²) in [5, 5.41) is 5.48. The summed E-state index contributed by atoms with van der Waals surface area (Å²) in [6.07, 6.45) is 0.527. The van der Waals surface area contributed by atoms with Crippen LogP contribution in [0.3, 0.4) is 0 Å². The highest BCUT2D eigenvalue weighted by Gasteiger charge is 2.23. The second kappa shape index (κ2) is 5.71. The van der Waals surface area contributed by atoms with Crippen LogP contribution in [0.2, 0.25) is 0 Å². The number of rotatable bonds is 4. The second-order valence-corrected chi connectivity index (χ2v) is 4.40. The maximum absolute atomic E-state index is 11.6. The summed E-state index contributed by atoms with van der Waals surface area (Å²) in [6, 6.07) is 5.15. The first-order valence-corrected chi connectivity index (χ1v) is 6.21. The van der Waals surface area contributed by atoms with Crippen molar-refractivity contribution < 1.29 is 14.3 Å². The first-order chi connectivity index (χ1) is 9.10. The maximum atomic E-state index is 11.6. The van der Waals surface area contributed by atoms with Crippen LogP contribution in [0.5, 0.6) is 5.75 Å². The van der Waals surface area contributed by atoms with E-state index in [2.05, 4.69) is 10.6 Å². The Balaban J connectivity index is 2.07. The monoisotopic (exact) mass is 263 g/mol. The fraction of sp³-hybridized carbons (Fsp3) is 0.385. The van der Waals surface area contributed by atoms with Gasteiger partial charge >= 0.3 is 0 Å². The Hall–Kier alpha value is -2.08. The number of hydrogen-bond donors (Lipinski definition) is 3. The molecule has 2 rings (SSSR count). The van der Waals surface area contributed by atoms with Gasteiger partial charge in [0.1, 0.15) is 5.75 Å². The number of ether oxygens (including phenoxy) is 1. The zero-order valence-electron chi connectivity index (χ0n) is 10.7. The van der Waals surface area contributed by atoms with E-state index in [-0.39, 0.29) is 11.8 Å². The first-order valence-electron chi connectivity index (χ1n) is 6.21. The third-order valence-corrected chi connectivity index (χ3v) is 2.80. The predicted octanol–water partition coefficient (Wildman–Crippen LogP) is 1.08. The molecule has 1 aliphatic heterocycles. The van der Waals surface area contributed by atoms with Crippen LogP contribution >= 0.6 is 0 Å². The second-order valence-electron chi connectivity index (χ2n) is 4.40. The summed E-state index contributed by atoms with van der Waals surface area (Å²) in [5.41, 5.74) is 6.54. The average molecular weight is 263 g/mol. The number of hydrogen-bond acceptors (Lipinski definition) is 4. The van der Waals surface area contributed by atoms with Crippen molar-refractivity contribution >= 4 is 23.2 Å². The predicted molar refractivity (Wildman–Crippen MR) is 72.1 cm³/mol. The Morgan fingerprint density at radius 3 is 3.05 bits per heavy atom. The number of benzene rings is 1. The molecule has 0 saturated carbocycles. The number of amides is 2. The van der Waals surface area contributed by atoms with Crippen LogP contribution in [0, 0.1) is 0 Å². The average Bonchev–Trinajstić information content (AvgIpc) is 2.38. The van der Waals surface area contributed by atoms with Crippen LogP contribution in [0.1, 0.15) is 19.8 Å². The molecule has 1 aliphatic rings. The van der Waals surface area contributed by atoms with E-state index in [4.69, 9.17) is 10.5 Å². The standard InChI is InChI=1S/C13H17N3O3/c1-8-13(18)16-10-7-9(4-5-11(10)19-8)15-12(17)3-2-6-14/h4-5,7-8H,2-3,6,14H2,1H3,(H,15,17)(H,16,18). The molecule has 0 saturated heterocycles. The normalized spacial score (nSPS) is 17.2. The molecule has 1 atom stereocenters. The molecule has 0 aliphatic carbocycles. The molecule has 0 fully saturated rings. The lowest BCUT2D eigenvalue weighted by Crippen LogP contribution is -2.34. The highest BCUT2D eigenvalue weighted by molar-refractivity contribution is 5.99. The van der Waals surface area contributed by atoms with Crippen molar-refractivity contribution in [1.29, 1.82) is 0 Å². The minimum atomic E-state index is -0.502. The molecule has 1 aromatic rings. The molecule has 0 spiro atoms. The Morgan fingerprint density at radius 2 is 2.32 bits per heavy atom. The topological polar surface area (TPSA) is 93.4 Å². The molecule has 102 valence electrons. The number of carbonyl (C=O) groups is 2. The summed E-state index contributed by atoms with van der Waals surface area (Å²) < 4.78 is 5.43. The van der Waals surface area contributed by atoms with Gasteiger partial charge in [0.2, 0.25) is 5.91 Å². The molecule has 1 aromatic carbocycles. The lowest BCUT2D eigenvalue weighted by Gasteiger charge is -2.23. The van der Waals surface area contributed by atoms with Gasteiger partial charge in [-0.25, -0.2) is 0 Å². The van der Waals surface area contributed by atoms with Crippen molar-refractivity contribution in [2.24, 2.45) is 5.73 Å². The molecule has 0 bridgehead atoms. The van der Waals surface area contributed by atoms with E-state index in [1.54, 1.807) is 25.1 Å². The number of nitrogens with one attached hydrogen (secondary N) is 2. The number of anilines is 2. The molecule has 1 unspecified atom stereocenters. The highest BCUT2D eigenvalue weighted by atomic mass is 16.5.